The van der Waals surface area contributed by atoms with Crippen molar-refractivity contribution in [3.63, 3.8) is 0 Å². The van der Waals surface area contributed by atoms with Crippen LogP contribution >= 0.6 is 0 Å². The van der Waals surface area contributed by atoms with Gasteiger partial charge in [0.25, 0.3) is 0 Å². The molecule has 1 heterocycles. The molecule has 1 aromatic heterocycles. The van der Waals surface area contributed by atoms with Gasteiger partial charge in [-0.3, -0.25) is 9.48 Å². The van der Waals surface area contributed by atoms with E-state index >= 15 is 0 Å². The van der Waals surface area contributed by atoms with Crippen LogP contribution in [0, 0.1) is 0 Å². The summed E-state index contributed by atoms with van der Waals surface area (Å²) in [5.74, 6) is -0.284. The molecule has 0 radical (unpaired) electrons. The number of aromatic nitrogens is 2. The first-order chi connectivity index (χ1) is 7.65. The third kappa shape index (κ3) is 3.04. The van der Waals surface area contributed by atoms with Crippen LogP contribution in [0.2, 0.25) is 0 Å². The van der Waals surface area contributed by atoms with Crippen LogP contribution < -0.4 is 5.32 Å². The monoisotopic (exact) mass is 227 g/mol. The molecule has 0 atom stereocenters. The van der Waals surface area contributed by atoms with Crippen molar-refractivity contribution in [2.24, 2.45) is 0 Å². The van der Waals surface area contributed by atoms with E-state index < -0.39 is 5.54 Å². The Kier molecular flexibility index (Phi) is 4.45. The molecule has 0 aliphatic carbocycles. The van der Waals surface area contributed by atoms with Gasteiger partial charge < -0.3 is 15.5 Å². The van der Waals surface area contributed by atoms with E-state index in [9.17, 15) is 4.79 Å². The third-order valence-corrected chi connectivity index (χ3v) is 2.55. The van der Waals surface area contributed by atoms with Crippen molar-refractivity contribution >= 4 is 5.91 Å². The maximum absolute atomic E-state index is 11.6. The molecule has 6 heteroatoms. The Morgan fingerprint density at radius 2 is 2.19 bits per heavy atom. The van der Waals surface area contributed by atoms with Gasteiger partial charge in [0.15, 0.2) is 0 Å². The minimum atomic E-state index is -0.940. The Hall–Kier alpha value is -1.40. The summed E-state index contributed by atoms with van der Waals surface area (Å²) in [4.78, 5) is 11.6. The summed E-state index contributed by atoms with van der Waals surface area (Å²) in [7, 11) is 0. The minimum Gasteiger partial charge on any atom is -0.394 e. The van der Waals surface area contributed by atoms with Crippen molar-refractivity contribution in [1.82, 2.24) is 15.1 Å². The summed E-state index contributed by atoms with van der Waals surface area (Å²) in [6.07, 6.45) is 3.72. The molecule has 90 valence electrons. The average Bonchev–Trinajstić information content (AvgIpc) is 2.79. The molecule has 3 N–H and O–H groups in total. The molecule has 0 fully saturated rings. The number of aliphatic hydroxyl groups is 2. The van der Waals surface area contributed by atoms with Crippen LogP contribution in [0.5, 0.6) is 0 Å². The molecule has 1 rings (SSSR count). The summed E-state index contributed by atoms with van der Waals surface area (Å²) < 4.78 is 1.48. The number of hydrogen-bond donors (Lipinski definition) is 3. The normalized spacial score (nSPS) is 11.4. The van der Waals surface area contributed by atoms with Crippen molar-refractivity contribution in [1.29, 1.82) is 0 Å². The fourth-order valence-corrected chi connectivity index (χ4v) is 1.32. The van der Waals surface area contributed by atoms with Crippen LogP contribution in [-0.2, 0) is 11.3 Å². The van der Waals surface area contributed by atoms with Gasteiger partial charge in [0.2, 0.25) is 5.91 Å². The first-order valence-corrected chi connectivity index (χ1v) is 5.16. The maximum Gasteiger partial charge on any atom is 0.242 e. The van der Waals surface area contributed by atoms with E-state index in [4.69, 9.17) is 10.2 Å². The molecule has 6 nitrogen and oxygen atoms in total. The Morgan fingerprint density at radius 3 is 2.62 bits per heavy atom. The smallest absolute Gasteiger partial charge is 0.242 e. The second-order valence-electron chi connectivity index (χ2n) is 3.70. The molecule has 1 aromatic rings. The summed E-state index contributed by atoms with van der Waals surface area (Å²) in [6.45, 7) is 1.30. The Balaban J connectivity index is 2.55. The van der Waals surface area contributed by atoms with Crippen LogP contribution in [0.3, 0.4) is 0 Å². The van der Waals surface area contributed by atoms with Gasteiger partial charge in [-0.15, -0.1) is 0 Å². The molecule has 0 aliphatic heterocycles. The first kappa shape index (κ1) is 12.7. The van der Waals surface area contributed by atoms with Gasteiger partial charge in [0.1, 0.15) is 6.54 Å². The van der Waals surface area contributed by atoms with E-state index in [2.05, 4.69) is 10.4 Å². The van der Waals surface area contributed by atoms with Crippen LogP contribution in [0.25, 0.3) is 0 Å². The van der Waals surface area contributed by atoms with Crippen LogP contribution in [0.4, 0.5) is 0 Å². The van der Waals surface area contributed by atoms with Gasteiger partial charge in [0.05, 0.1) is 18.8 Å². The highest BCUT2D eigenvalue weighted by Gasteiger charge is 2.28. The molecule has 0 unspecified atom stereocenters. The molecular formula is C10H17N3O3. The lowest BCUT2D eigenvalue weighted by Gasteiger charge is -2.29. The molecule has 16 heavy (non-hydrogen) atoms. The molecule has 0 saturated carbocycles. The average molecular weight is 227 g/mol. The molecule has 0 aromatic carbocycles. The summed E-state index contributed by atoms with van der Waals surface area (Å²) in [5, 5.41) is 24.8. The Morgan fingerprint density at radius 1 is 1.50 bits per heavy atom. The lowest BCUT2D eigenvalue weighted by Crippen LogP contribution is -2.54. The number of aliphatic hydroxyl groups excluding tert-OH is 2. The summed E-state index contributed by atoms with van der Waals surface area (Å²) in [6, 6.07) is 1.72. The van der Waals surface area contributed by atoms with E-state index in [0.717, 1.165) is 0 Å². The van der Waals surface area contributed by atoms with Crippen molar-refractivity contribution in [3.8, 4) is 0 Å². The predicted octanol–water partition coefficient (Wildman–Crippen LogP) is -0.867. The van der Waals surface area contributed by atoms with E-state index in [1.165, 1.54) is 4.68 Å². The second-order valence-corrected chi connectivity index (χ2v) is 3.70. The van der Waals surface area contributed by atoms with Gasteiger partial charge >= 0.3 is 0 Å². The number of hydrogen-bond acceptors (Lipinski definition) is 4. The highest BCUT2D eigenvalue weighted by molar-refractivity contribution is 5.76. The summed E-state index contributed by atoms with van der Waals surface area (Å²) in [5.41, 5.74) is -0.940. The van der Waals surface area contributed by atoms with Gasteiger partial charge in [-0.05, 0) is 12.5 Å². The van der Waals surface area contributed by atoms with E-state index in [-0.39, 0.29) is 25.7 Å². The van der Waals surface area contributed by atoms with Gasteiger partial charge in [-0.25, -0.2) is 0 Å². The lowest BCUT2D eigenvalue weighted by molar-refractivity contribution is -0.125. The zero-order chi connectivity index (χ0) is 12.0. The quantitative estimate of drug-likeness (QED) is 0.589. The van der Waals surface area contributed by atoms with Crippen LogP contribution in [0.15, 0.2) is 18.5 Å². The molecule has 0 saturated heterocycles. The van der Waals surface area contributed by atoms with Gasteiger partial charge in [-0.1, -0.05) is 6.92 Å². The largest absolute Gasteiger partial charge is 0.394 e. The van der Waals surface area contributed by atoms with E-state index in [1.54, 1.807) is 25.4 Å². The van der Waals surface area contributed by atoms with Crippen molar-refractivity contribution < 1.29 is 15.0 Å². The fourth-order valence-electron chi connectivity index (χ4n) is 1.32. The summed E-state index contributed by atoms with van der Waals surface area (Å²) >= 11 is 0. The van der Waals surface area contributed by atoms with Crippen molar-refractivity contribution in [2.75, 3.05) is 13.2 Å². The first-order valence-electron chi connectivity index (χ1n) is 5.16. The Bertz CT molecular complexity index is 312. The fraction of sp³-hybridized carbons (Fsp3) is 0.600. The highest BCUT2D eigenvalue weighted by Crippen LogP contribution is 2.08. The molecule has 0 bridgehead atoms. The van der Waals surface area contributed by atoms with Gasteiger partial charge in [0, 0.05) is 12.4 Å². The minimum absolute atomic E-state index is 0.0781. The van der Waals surface area contributed by atoms with Gasteiger partial charge in [-0.2, -0.15) is 5.10 Å². The third-order valence-electron chi connectivity index (χ3n) is 2.55. The number of nitrogens with zero attached hydrogens (tertiary/aromatic N) is 2. The van der Waals surface area contributed by atoms with E-state index in [0.29, 0.717) is 6.42 Å². The van der Waals surface area contributed by atoms with E-state index in [1.807, 2.05) is 0 Å². The number of amides is 1. The lowest BCUT2D eigenvalue weighted by atomic mass is 9.98. The zero-order valence-electron chi connectivity index (χ0n) is 9.26. The standard InChI is InChI=1S/C10H17N3O3/c1-2-10(7-14,8-15)12-9(16)6-13-5-3-4-11-13/h3-5,14-15H,2,6-8H2,1H3,(H,12,16). The van der Waals surface area contributed by atoms with Crippen molar-refractivity contribution in [2.45, 2.75) is 25.4 Å². The molecule has 0 spiro atoms. The highest BCUT2D eigenvalue weighted by atomic mass is 16.3. The van der Waals surface area contributed by atoms with Crippen molar-refractivity contribution in [3.05, 3.63) is 18.5 Å². The number of carbonyl (C=O) groups excluding carboxylic acids is 1. The SMILES string of the molecule is CCC(CO)(CO)NC(=O)Cn1cccn1. The molecular weight excluding hydrogens is 210 g/mol. The maximum atomic E-state index is 11.6. The van der Waals surface area contributed by atoms with Crippen LogP contribution in [0.1, 0.15) is 13.3 Å². The Labute approximate surface area is 93.9 Å². The number of rotatable bonds is 6. The number of carbonyl (C=O) groups is 1. The number of nitrogens with one attached hydrogen (secondary N) is 1. The topological polar surface area (TPSA) is 87.4 Å². The predicted molar refractivity (Wildman–Crippen MR) is 57.6 cm³/mol. The zero-order valence-corrected chi connectivity index (χ0v) is 9.26. The van der Waals surface area contributed by atoms with Crippen LogP contribution in [-0.4, -0.2) is 44.7 Å². The second kappa shape index (κ2) is 5.62. The molecule has 0 aliphatic rings. The molecule has 1 amide bonds.